The first-order chi connectivity index (χ1) is 14.0. The quantitative estimate of drug-likeness (QED) is 0.772. The molecule has 1 N–H and O–H groups in total. The number of urea groups is 1. The molecule has 0 unspecified atom stereocenters. The number of hydrogen-bond donors (Lipinski definition) is 1. The minimum absolute atomic E-state index is 0.0152. The molecule has 30 heavy (non-hydrogen) atoms. The first-order valence-electron chi connectivity index (χ1n) is 9.80. The highest BCUT2D eigenvalue weighted by atomic mass is 19.1. The number of rotatable bonds is 4. The topological polar surface area (TPSA) is 96.2 Å². The molecule has 4 rings (SSSR count). The Balaban J connectivity index is 1.70. The highest BCUT2D eigenvalue weighted by molar-refractivity contribution is 6.13. The van der Waals surface area contributed by atoms with Crippen molar-refractivity contribution >= 4 is 29.4 Å². The number of alkyl carbamates (subject to hydrolysis) is 1. The molecular formula is C20H24FN5O4. The molecule has 2 aromatic rings. The highest BCUT2D eigenvalue weighted by Gasteiger charge is 2.37. The van der Waals surface area contributed by atoms with Crippen molar-refractivity contribution in [3.05, 3.63) is 29.5 Å². The van der Waals surface area contributed by atoms with Crippen molar-refractivity contribution < 1.29 is 23.5 Å². The van der Waals surface area contributed by atoms with Gasteiger partial charge in [0.15, 0.2) is 5.65 Å². The van der Waals surface area contributed by atoms with Crippen LogP contribution in [0.15, 0.2) is 12.3 Å². The van der Waals surface area contributed by atoms with Crippen LogP contribution in [-0.2, 0) is 16.1 Å². The third-order valence-electron chi connectivity index (χ3n) is 5.05. The van der Waals surface area contributed by atoms with Crippen molar-refractivity contribution in [3.63, 3.8) is 0 Å². The van der Waals surface area contributed by atoms with Gasteiger partial charge in [0, 0.05) is 13.2 Å². The lowest BCUT2D eigenvalue weighted by atomic mass is 10.1. The Hall–Kier alpha value is -3.17. The van der Waals surface area contributed by atoms with Crippen molar-refractivity contribution in [2.75, 3.05) is 18.5 Å². The molecule has 2 fully saturated rings. The summed E-state index contributed by atoms with van der Waals surface area (Å²) in [6.07, 6.45) is 2.96. The summed E-state index contributed by atoms with van der Waals surface area (Å²) in [5, 5.41) is 2.50. The van der Waals surface area contributed by atoms with E-state index in [9.17, 15) is 14.4 Å². The monoisotopic (exact) mass is 417 g/mol. The number of pyridine rings is 1. The summed E-state index contributed by atoms with van der Waals surface area (Å²) >= 11 is 0. The molecule has 1 saturated carbocycles. The summed E-state index contributed by atoms with van der Waals surface area (Å²) < 4.78 is 21.6. The number of likely N-dealkylation sites (N-methyl/N-ethyl adjacent to an activating group) is 1. The van der Waals surface area contributed by atoms with Gasteiger partial charge in [-0.3, -0.25) is 19.0 Å². The third-order valence-corrected chi connectivity index (χ3v) is 5.05. The summed E-state index contributed by atoms with van der Waals surface area (Å²) in [5.41, 5.74) is 0.818. The number of anilines is 1. The number of carbonyl (C=O) groups excluding carboxylic acids is 3. The van der Waals surface area contributed by atoms with Crippen LogP contribution in [0.5, 0.6) is 0 Å². The molecule has 1 aliphatic carbocycles. The van der Waals surface area contributed by atoms with Crippen LogP contribution in [-0.4, -0.2) is 51.5 Å². The number of amides is 4. The minimum Gasteiger partial charge on any atom is -0.444 e. The number of ether oxygens (including phenoxy) is 1. The molecule has 0 aromatic carbocycles. The average Bonchev–Trinajstić information content (AvgIpc) is 3.42. The van der Waals surface area contributed by atoms with E-state index in [0.29, 0.717) is 11.6 Å². The number of nitrogens with zero attached hydrogens (tertiary/aromatic N) is 4. The number of hydrogen-bond acceptors (Lipinski definition) is 5. The van der Waals surface area contributed by atoms with E-state index in [4.69, 9.17) is 4.74 Å². The van der Waals surface area contributed by atoms with Crippen LogP contribution in [0.1, 0.15) is 50.8 Å². The molecule has 0 bridgehead atoms. The molecule has 2 aliphatic rings. The Morgan fingerprint density at radius 1 is 1.33 bits per heavy atom. The van der Waals surface area contributed by atoms with Crippen LogP contribution in [0.2, 0.25) is 0 Å². The van der Waals surface area contributed by atoms with Crippen molar-refractivity contribution in [2.24, 2.45) is 0 Å². The molecule has 0 radical (unpaired) electrons. The normalized spacial score (nSPS) is 17.2. The molecule has 2 aromatic heterocycles. The van der Waals surface area contributed by atoms with Crippen molar-refractivity contribution in [1.29, 1.82) is 0 Å². The third kappa shape index (κ3) is 3.69. The number of imidazole rings is 1. The number of nitrogens with one attached hydrogen (secondary N) is 1. The number of carbonyl (C=O) groups is 3. The Bertz CT molecular complexity index is 1050. The lowest BCUT2D eigenvalue weighted by Gasteiger charge is -2.19. The molecule has 1 aliphatic heterocycles. The van der Waals surface area contributed by atoms with E-state index < -0.39 is 23.7 Å². The summed E-state index contributed by atoms with van der Waals surface area (Å²) in [7, 11) is 1.41. The molecule has 3 heterocycles. The second kappa shape index (κ2) is 6.96. The van der Waals surface area contributed by atoms with E-state index >= 15 is 4.39 Å². The Morgan fingerprint density at radius 2 is 2.03 bits per heavy atom. The van der Waals surface area contributed by atoms with Gasteiger partial charge in [0.1, 0.15) is 17.8 Å². The van der Waals surface area contributed by atoms with E-state index in [2.05, 4.69) is 10.3 Å². The van der Waals surface area contributed by atoms with Crippen LogP contribution < -0.4 is 10.2 Å². The maximum absolute atomic E-state index is 15.1. The van der Waals surface area contributed by atoms with Crippen LogP contribution in [0.4, 0.5) is 19.7 Å². The fourth-order valence-corrected chi connectivity index (χ4v) is 3.37. The molecule has 0 spiro atoms. The van der Waals surface area contributed by atoms with Gasteiger partial charge in [-0.2, -0.15) is 4.39 Å². The van der Waals surface area contributed by atoms with Crippen LogP contribution in [0.3, 0.4) is 0 Å². The van der Waals surface area contributed by atoms with Crippen LogP contribution >= 0.6 is 0 Å². The zero-order valence-electron chi connectivity index (χ0n) is 17.4. The minimum atomic E-state index is -0.681. The van der Waals surface area contributed by atoms with Crippen molar-refractivity contribution in [2.45, 2.75) is 51.7 Å². The maximum Gasteiger partial charge on any atom is 0.407 e. The first kappa shape index (κ1) is 20.1. The summed E-state index contributed by atoms with van der Waals surface area (Å²) in [6.45, 7) is 4.89. The lowest BCUT2D eigenvalue weighted by molar-refractivity contribution is -0.123. The van der Waals surface area contributed by atoms with Crippen molar-refractivity contribution in [1.82, 2.24) is 19.6 Å². The standard InChI is InChI=1S/C20H24FN5O4/c1-20(2,3)30-18(28)22-8-13-16(21)26-9-12(11-5-6-11)7-14(17(26)23-13)25-10-15(27)24(4)19(25)29/h7,9,11H,5-6,8,10H2,1-4H3,(H,22,28). The van der Waals surface area contributed by atoms with Crippen molar-refractivity contribution in [3.8, 4) is 0 Å². The number of aromatic nitrogens is 2. The molecule has 160 valence electrons. The maximum atomic E-state index is 15.1. The van der Waals surface area contributed by atoms with Gasteiger partial charge in [-0.25, -0.2) is 14.6 Å². The van der Waals surface area contributed by atoms with Gasteiger partial charge < -0.3 is 10.1 Å². The predicted octanol–water partition coefficient (Wildman–Crippen LogP) is 2.77. The van der Waals surface area contributed by atoms with Gasteiger partial charge in [-0.1, -0.05) is 0 Å². The van der Waals surface area contributed by atoms with Gasteiger partial charge in [-0.05, 0) is 51.2 Å². The average molecular weight is 417 g/mol. The Kier molecular flexibility index (Phi) is 4.67. The Labute approximate surface area is 172 Å². The van der Waals surface area contributed by atoms with E-state index in [1.54, 1.807) is 33.0 Å². The zero-order chi connectivity index (χ0) is 21.8. The number of fused-ring (bicyclic) bond motifs is 1. The molecule has 9 nitrogen and oxygen atoms in total. The van der Waals surface area contributed by atoms with Gasteiger partial charge in [-0.15, -0.1) is 0 Å². The van der Waals surface area contributed by atoms with E-state index in [0.717, 1.165) is 23.3 Å². The number of imide groups is 1. The predicted molar refractivity (Wildman–Crippen MR) is 106 cm³/mol. The van der Waals surface area contributed by atoms with E-state index in [-0.39, 0.29) is 30.3 Å². The highest BCUT2D eigenvalue weighted by Crippen LogP contribution is 2.42. The second-order valence-electron chi connectivity index (χ2n) is 8.65. The van der Waals surface area contributed by atoms with Gasteiger partial charge in [0.2, 0.25) is 11.9 Å². The Morgan fingerprint density at radius 3 is 2.60 bits per heavy atom. The smallest absolute Gasteiger partial charge is 0.407 e. The SMILES string of the molecule is CN1C(=O)CN(c2cc(C3CC3)cn3c(F)c(CNC(=O)OC(C)(C)C)nc23)C1=O. The molecule has 10 heteroatoms. The summed E-state index contributed by atoms with van der Waals surface area (Å²) in [6, 6.07) is 1.32. The van der Waals surface area contributed by atoms with Crippen LogP contribution in [0.25, 0.3) is 5.65 Å². The van der Waals surface area contributed by atoms with Gasteiger partial charge >= 0.3 is 12.1 Å². The fraction of sp³-hybridized carbons (Fsp3) is 0.500. The molecule has 0 atom stereocenters. The molecule has 4 amide bonds. The second-order valence-corrected chi connectivity index (χ2v) is 8.65. The fourth-order valence-electron chi connectivity index (χ4n) is 3.37. The molecule has 1 saturated heterocycles. The lowest BCUT2D eigenvalue weighted by Crippen LogP contribution is -2.32. The van der Waals surface area contributed by atoms with Gasteiger partial charge in [0.25, 0.3) is 0 Å². The summed E-state index contributed by atoms with van der Waals surface area (Å²) in [4.78, 5) is 43.1. The largest absolute Gasteiger partial charge is 0.444 e. The zero-order valence-corrected chi connectivity index (χ0v) is 17.4. The van der Waals surface area contributed by atoms with E-state index in [1.807, 2.05) is 0 Å². The summed E-state index contributed by atoms with van der Waals surface area (Å²) in [5.74, 6) is -0.672. The van der Waals surface area contributed by atoms with Crippen LogP contribution in [0, 0.1) is 5.95 Å². The number of halogens is 1. The van der Waals surface area contributed by atoms with E-state index in [1.165, 1.54) is 16.3 Å². The molecular weight excluding hydrogens is 393 g/mol. The van der Waals surface area contributed by atoms with Gasteiger partial charge in [0.05, 0.1) is 12.2 Å². The first-order valence-corrected chi connectivity index (χ1v) is 9.80.